The van der Waals surface area contributed by atoms with E-state index in [1.807, 2.05) is 0 Å². The monoisotopic (exact) mass is 194 g/mol. The van der Waals surface area contributed by atoms with Gasteiger partial charge in [-0.3, -0.25) is 0 Å². The second-order valence-electron chi connectivity index (χ2n) is 4.82. The summed E-state index contributed by atoms with van der Waals surface area (Å²) in [7, 11) is 0. The van der Waals surface area contributed by atoms with E-state index >= 15 is 0 Å². The van der Waals surface area contributed by atoms with Crippen LogP contribution >= 0.6 is 0 Å². The van der Waals surface area contributed by atoms with Crippen molar-refractivity contribution in [3.05, 3.63) is 12.7 Å². The van der Waals surface area contributed by atoms with Crippen LogP contribution in [-0.4, -0.2) is 0 Å². The van der Waals surface area contributed by atoms with Crippen LogP contribution in [0.15, 0.2) is 12.7 Å². The molecule has 0 aliphatic heterocycles. The van der Waals surface area contributed by atoms with Crippen LogP contribution in [0.25, 0.3) is 0 Å². The smallest absolute Gasteiger partial charge is 0.0322 e. The Morgan fingerprint density at radius 1 is 1.29 bits per heavy atom. The molecule has 0 bridgehead atoms. The van der Waals surface area contributed by atoms with Gasteiger partial charge in [0.1, 0.15) is 0 Å². The summed E-state index contributed by atoms with van der Waals surface area (Å²) in [6.45, 7) is 6.20. The van der Waals surface area contributed by atoms with Gasteiger partial charge in [-0.25, -0.2) is 0 Å². The van der Waals surface area contributed by atoms with Crippen LogP contribution in [0.3, 0.4) is 0 Å². The minimum Gasteiger partial charge on any atom is -0.103 e. The SMILES string of the molecule is C=CCC(CCCC)C1CCCCC1. The van der Waals surface area contributed by atoms with Crippen LogP contribution in [-0.2, 0) is 0 Å². The van der Waals surface area contributed by atoms with Crippen molar-refractivity contribution in [2.75, 3.05) is 0 Å². The standard InChI is InChI=1S/C14H26/c1-3-5-10-13(9-4-2)14-11-7-6-8-12-14/h4,13-14H,2-3,5-12H2,1H3. The second-order valence-corrected chi connectivity index (χ2v) is 4.82. The largest absolute Gasteiger partial charge is 0.103 e. The summed E-state index contributed by atoms with van der Waals surface area (Å²) >= 11 is 0. The number of allylic oxidation sites excluding steroid dienone is 1. The van der Waals surface area contributed by atoms with E-state index in [0.717, 1.165) is 11.8 Å². The molecule has 0 aromatic heterocycles. The molecule has 14 heavy (non-hydrogen) atoms. The number of hydrogen-bond acceptors (Lipinski definition) is 0. The summed E-state index contributed by atoms with van der Waals surface area (Å²) in [6, 6.07) is 0. The minimum atomic E-state index is 0.952. The Morgan fingerprint density at radius 2 is 2.00 bits per heavy atom. The zero-order valence-corrected chi connectivity index (χ0v) is 9.80. The third-order valence-electron chi connectivity index (χ3n) is 3.71. The summed E-state index contributed by atoms with van der Waals surface area (Å²) in [6.07, 6.45) is 15.0. The van der Waals surface area contributed by atoms with E-state index in [1.54, 1.807) is 0 Å². The maximum atomic E-state index is 3.90. The summed E-state index contributed by atoms with van der Waals surface area (Å²) in [5.74, 6) is 1.97. The highest BCUT2D eigenvalue weighted by atomic mass is 14.3. The molecule has 1 saturated carbocycles. The molecule has 0 nitrogen and oxygen atoms in total. The van der Waals surface area contributed by atoms with E-state index < -0.39 is 0 Å². The Morgan fingerprint density at radius 3 is 2.57 bits per heavy atom. The summed E-state index contributed by atoms with van der Waals surface area (Å²) in [4.78, 5) is 0. The lowest BCUT2D eigenvalue weighted by Crippen LogP contribution is -2.17. The zero-order chi connectivity index (χ0) is 10.2. The number of hydrogen-bond donors (Lipinski definition) is 0. The van der Waals surface area contributed by atoms with Crippen molar-refractivity contribution in [2.45, 2.75) is 64.7 Å². The van der Waals surface area contributed by atoms with Crippen molar-refractivity contribution >= 4 is 0 Å². The molecular formula is C14H26. The molecule has 1 unspecified atom stereocenters. The molecule has 0 heteroatoms. The number of rotatable bonds is 6. The van der Waals surface area contributed by atoms with Gasteiger partial charge in [0.15, 0.2) is 0 Å². The predicted octanol–water partition coefficient (Wildman–Crippen LogP) is 4.95. The summed E-state index contributed by atoms with van der Waals surface area (Å²) in [5, 5.41) is 0. The molecule has 0 spiro atoms. The van der Waals surface area contributed by atoms with Crippen molar-refractivity contribution in [2.24, 2.45) is 11.8 Å². The Kier molecular flexibility index (Phi) is 5.98. The van der Waals surface area contributed by atoms with Crippen molar-refractivity contribution in [3.63, 3.8) is 0 Å². The Balaban J connectivity index is 2.34. The van der Waals surface area contributed by atoms with Crippen LogP contribution in [0.4, 0.5) is 0 Å². The Hall–Kier alpha value is -0.260. The van der Waals surface area contributed by atoms with Gasteiger partial charge in [0.25, 0.3) is 0 Å². The maximum Gasteiger partial charge on any atom is -0.0322 e. The molecule has 1 aliphatic carbocycles. The molecule has 0 saturated heterocycles. The third kappa shape index (κ3) is 3.86. The lowest BCUT2D eigenvalue weighted by atomic mass is 9.76. The molecule has 0 radical (unpaired) electrons. The Bertz CT molecular complexity index is 142. The van der Waals surface area contributed by atoms with Gasteiger partial charge in [-0.2, -0.15) is 0 Å². The van der Waals surface area contributed by atoms with E-state index in [-0.39, 0.29) is 0 Å². The van der Waals surface area contributed by atoms with Crippen LogP contribution in [0.2, 0.25) is 0 Å². The zero-order valence-electron chi connectivity index (χ0n) is 9.80. The minimum absolute atomic E-state index is 0.952. The molecule has 1 atom stereocenters. The van der Waals surface area contributed by atoms with Crippen molar-refractivity contribution in [1.82, 2.24) is 0 Å². The molecule has 82 valence electrons. The average molecular weight is 194 g/mol. The first-order valence-electron chi connectivity index (χ1n) is 6.49. The fourth-order valence-electron chi connectivity index (χ4n) is 2.83. The molecule has 1 fully saturated rings. The van der Waals surface area contributed by atoms with E-state index in [4.69, 9.17) is 0 Å². The van der Waals surface area contributed by atoms with Gasteiger partial charge in [-0.1, -0.05) is 57.9 Å². The molecule has 1 aliphatic rings. The maximum absolute atomic E-state index is 3.90. The van der Waals surface area contributed by atoms with E-state index in [0.29, 0.717) is 0 Å². The van der Waals surface area contributed by atoms with Gasteiger partial charge in [0.05, 0.1) is 0 Å². The molecule has 0 N–H and O–H groups in total. The second kappa shape index (κ2) is 7.09. The summed E-state index contributed by atoms with van der Waals surface area (Å²) < 4.78 is 0. The molecule has 1 rings (SSSR count). The highest BCUT2D eigenvalue weighted by Gasteiger charge is 2.21. The summed E-state index contributed by atoms with van der Waals surface area (Å²) in [5.41, 5.74) is 0. The highest BCUT2D eigenvalue weighted by molar-refractivity contribution is 4.80. The molecular weight excluding hydrogens is 168 g/mol. The van der Waals surface area contributed by atoms with Gasteiger partial charge < -0.3 is 0 Å². The van der Waals surface area contributed by atoms with Crippen LogP contribution in [0, 0.1) is 11.8 Å². The Labute approximate surface area is 89.8 Å². The van der Waals surface area contributed by atoms with Gasteiger partial charge in [0.2, 0.25) is 0 Å². The molecule has 0 amide bonds. The van der Waals surface area contributed by atoms with E-state index in [1.165, 1.54) is 57.8 Å². The normalized spacial score (nSPS) is 20.6. The first kappa shape index (κ1) is 11.8. The van der Waals surface area contributed by atoms with Crippen molar-refractivity contribution in [1.29, 1.82) is 0 Å². The highest BCUT2D eigenvalue weighted by Crippen LogP contribution is 2.34. The van der Waals surface area contributed by atoms with Crippen LogP contribution in [0.5, 0.6) is 0 Å². The lowest BCUT2D eigenvalue weighted by Gasteiger charge is -2.29. The fraction of sp³-hybridized carbons (Fsp3) is 0.857. The lowest BCUT2D eigenvalue weighted by molar-refractivity contribution is 0.233. The van der Waals surface area contributed by atoms with Gasteiger partial charge in [-0.15, -0.1) is 6.58 Å². The molecule has 0 aromatic carbocycles. The van der Waals surface area contributed by atoms with Crippen LogP contribution in [0.1, 0.15) is 64.7 Å². The van der Waals surface area contributed by atoms with E-state index in [2.05, 4.69) is 19.6 Å². The van der Waals surface area contributed by atoms with Crippen molar-refractivity contribution in [3.8, 4) is 0 Å². The average Bonchev–Trinajstić information content (AvgIpc) is 2.25. The van der Waals surface area contributed by atoms with Gasteiger partial charge >= 0.3 is 0 Å². The van der Waals surface area contributed by atoms with Gasteiger partial charge in [0, 0.05) is 0 Å². The molecule has 0 heterocycles. The third-order valence-corrected chi connectivity index (χ3v) is 3.71. The topological polar surface area (TPSA) is 0 Å². The fourth-order valence-corrected chi connectivity index (χ4v) is 2.83. The van der Waals surface area contributed by atoms with Crippen molar-refractivity contribution < 1.29 is 0 Å². The predicted molar refractivity (Wildman–Crippen MR) is 64.4 cm³/mol. The van der Waals surface area contributed by atoms with Crippen LogP contribution < -0.4 is 0 Å². The quantitative estimate of drug-likeness (QED) is 0.525. The van der Waals surface area contributed by atoms with Gasteiger partial charge in [-0.05, 0) is 24.7 Å². The molecule has 0 aromatic rings. The number of unbranched alkanes of at least 4 members (excludes halogenated alkanes) is 1. The first-order chi connectivity index (χ1) is 6.88. The van der Waals surface area contributed by atoms with E-state index in [9.17, 15) is 0 Å². The first-order valence-corrected chi connectivity index (χ1v) is 6.49.